The molecule has 0 spiro atoms. The van der Waals surface area contributed by atoms with E-state index in [1.807, 2.05) is 44.2 Å². The minimum Gasteiger partial charge on any atom is -0.494 e. The fourth-order valence-corrected chi connectivity index (χ4v) is 2.00. The number of nitrogens with one attached hydrogen (secondary N) is 2. The maximum absolute atomic E-state index is 11.8. The lowest BCUT2D eigenvalue weighted by Crippen LogP contribution is -2.32. The van der Waals surface area contributed by atoms with Crippen LogP contribution >= 0.6 is 0 Å². The Morgan fingerprint density at radius 2 is 1.88 bits per heavy atom. The van der Waals surface area contributed by atoms with Gasteiger partial charge in [-0.2, -0.15) is 5.10 Å². The van der Waals surface area contributed by atoms with Gasteiger partial charge in [0.05, 0.1) is 12.8 Å². The summed E-state index contributed by atoms with van der Waals surface area (Å²) in [5.41, 5.74) is 4.53. The maximum Gasteiger partial charge on any atom is 0.329 e. The molecule has 6 heteroatoms. The largest absolute Gasteiger partial charge is 0.494 e. The van der Waals surface area contributed by atoms with Gasteiger partial charge < -0.3 is 10.1 Å². The van der Waals surface area contributed by atoms with E-state index >= 15 is 0 Å². The first-order chi connectivity index (χ1) is 12.1. The number of carbonyl (C=O) groups excluding carboxylic acids is 2. The number of hydrogen-bond donors (Lipinski definition) is 2. The van der Waals surface area contributed by atoms with E-state index in [2.05, 4.69) is 15.8 Å². The maximum atomic E-state index is 11.8. The van der Waals surface area contributed by atoms with E-state index in [-0.39, 0.29) is 0 Å². The molecule has 0 aromatic heterocycles. The van der Waals surface area contributed by atoms with Gasteiger partial charge in [0.1, 0.15) is 5.75 Å². The molecule has 2 amide bonds. The lowest BCUT2D eigenvalue weighted by Gasteiger charge is -2.05. The number of benzene rings is 2. The summed E-state index contributed by atoms with van der Waals surface area (Å²) < 4.78 is 5.48. The first-order valence-corrected chi connectivity index (χ1v) is 8.02. The number of ether oxygens (including phenoxy) is 1. The number of amides is 2. The number of anilines is 1. The predicted molar refractivity (Wildman–Crippen MR) is 97.8 cm³/mol. The summed E-state index contributed by atoms with van der Waals surface area (Å²) in [6.45, 7) is 4.61. The van der Waals surface area contributed by atoms with Crippen LogP contribution in [0.25, 0.3) is 0 Å². The summed E-state index contributed by atoms with van der Waals surface area (Å²) in [4.78, 5) is 23.5. The standard InChI is InChI=1S/C19H21N3O3/c1-3-11-25-17-9-7-15(8-10-17)13-20-22-19(24)18(23)21-16-6-4-5-14(2)12-16/h4-10,12-13H,3,11H2,1-2H3,(H,21,23)(H,22,24)/b20-13-. The third-order valence-corrected chi connectivity index (χ3v) is 3.21. The monoisotopic (exact) mass is 339 g/mol. The molecule has 2 aromatic carbocycles. The van der Waals surface area contributed by atoms with Crippen molar-refractivity contribution in [2.75, 3.05) is 11.9 Å². The fourth-order valence-electron chi connectivity index (χ4n) is 2.00. The predicted octanol–water partition coefficient (Wildman–Crippen LogP) is 2.87. The molecule has 2 rings (SSSR count). The van der Waals surface area contributed by atoms with Crippen LogP contribution in [-0.4, -0.2) is 24.6 Å². The third kappa shape index (κ3) is 6.10. The zero-order valence-corrected chi connectivity index (χ0v) is 14.3. The smallest absolute Gasteiger partial charge is 0.329 e. The molecule has 0 aliphatic rings. The van der Waals surface area contributed by atoms with Crippen LogP contribution in [-0.2, 0) is 9.59 Å². The fraction of sp³-hybridized carbons (Fsp3) is 0.211. The Hall–Kier alpha value is -3.15. The highest BCUT2D eigenvalue weighted by atomic mass is 16.5. The number of carbonyl (C=O) groups is 2. The Morgan fingerprint density at radius 3 is 2.56 bits per heavy atom. The molecule has 0 heterocycles. The molecule has 0 fully saturated rings. The average Bonchev–Trinajstić information content (AvgIpc) is 2.61. The minimum atomic E-state index is -0.833. The van der Waals surface area contributed by atoms with Crippen molar-refractivity contribution in [1.82, 2.24) is 5.43 Å². The van der Waals surface area contributed by atoms with Gasteiger partial charge in [0.15, 0.2) is 0 Å². The molecule has 0 aliphatic carbocycles. The number of hydrogen-bond acceptors (Lipinski definition) is 4. The lowest BCUT2D eigenvalue weighted by atomic mass is 10.2. The van der Waals surface area contributed by atoms with Crippen LogP contribution in [0.3, 0.4) is 0 Å². The van der Waals surface area contributed by atoms with Crippen LogP contribution in [0.2, 0.25) is 0 Å². The summed E-state index contributed by atoms with van der Waals surface area (Å²) in [5, 5.41) is 6.30. The van der Waals surface area contributed by atoms with E-state index in [4.69, 9.17) is 4.74 Å². The van der Waals surface area contributed by atoms with Crippen LogP contribution in [0.5, 0.6) is 5.75 Å². The zero-order chi connectivity index (χ0) is 18.1. The van der Waals surface area contributed by atoms with Gasteiger partial charge in [-0.25, -0.2) is 5.43 Å². The minimum absolute atomic E-state index is 0.562. The van der Waals surface area contributed by atoms with Crippen molar-refractivity contribution in [3.63, 3.8) is 0 Å². The van der Waals surface area contributed by atoms with Crippen molar-refractivity contribution in [2.24, 2.45) is 5.10 Å². The van der Waals surface area contributed by atoms with Gasteiger partial charge in [-0.15, -0.1) is 0 Å². The van der Waals surface area contributed by atoms with Crippen LogP contribution in [0.1, 0.15) is 24.5 Å². The second-order valence-corrected chi connectivity index (χ2v) is 5.44. The van der Waals surface area contributed by atoms with E-state index in [0.717, 1.165) is 23.3 Å². The molecular formula is C19H21N3O3. The van der Waals surface area contributed by atoms with Gasteiger partial charge >= 0.3 is 11.8 Å². The Kier molecular flexibility index (Phi) is 6.71. The van der Waals surface area contributed by atoms with Crippen LogP contribution in [0, 0.1) is 6.92 Å². The normalized spacial score (nSPS) is 10.5. The number of aryl methyl sites for hydroxylation is 1. The first kappa shape index (κ1) is 18.2. The highest BCUT2D eigenvalue weighted by Crippen LogP contribution is 2.11. The molecule has 0 saturated heterocycles. The van der Waals surface area contributed by atoms with E-state index in [1.54, 1.807) is 18.2 Å². The van der Waals surface area contributed by atoms with Gasteiger partial charge in [0, 0.05) is 5.69 Å². The van der Waals surface area contributed by atoms with E-state index in [0.29, 0.717) is 12.3 Å². The summed E-state index contributed by atoms with van der Waals surface area (Å²) in [6, 6.07) is 14.5. The van der Waals surface area contributed by atoms with Gasteiger partial charge in [0.25, 0.3) is 0 Å². The summed E-state index contributed by atoms with van der Waals surface area (Å²) >= 11 is 0. The van der Waals surface area contributed by atoms with Gasteiger partial charge in [0.2, 0.25) is 0 Å². The molecule has 0 saturated carbocycles. The van der Waals surface area contributed by atoms with Gasteiger partial charge in [-0.1, -0.05) is 19.1 Å². The molecule has 6 nitrogen and oxygen atoms in total. The lowest BCUT2D eigenvalue weighted by molar-refractivity contribution is -0.136. The van der Waals surface area contributed by atoms with E-state index in [1.165, 1.54) is 6.21 Å². The summed E-state index contributed by atoms with van der Waals surface area (Å²) in [7, 11) is 0. The van der Waals surface area contributed by atoms with Crippen molar-refractivity contribution >= 4 is 23.7 Å². The zero-order valence-electron chi connectivity index (χ0n) is 14.3. The third-order valence-electron chi connectivity index (χ3n) is 3.21. The Morgan fingerprint density at radius 1 is 1.12 bits per heavy atom. The van der Waals surface area contributed by atoms with Crippen molar-refractivity contribution in [3.8, 4) is 5.75 Å². The van der Waals surface area contributed by atoms with Crippen molar-refractivity contribution in [3.05, 3.63) is 59.7 Å². The van der Waals surface area contributed by atoms with Crippen LogP contribution < -0.4 is 15.5 Å². The van der Waals surface area contributed by atoms with Crippen LogP contribution in [0.4, 0.5) is 5.69 Å². The molecular weight excluding hydrogens is 318 g/mol. The van der Waals surface area contributed by atoms with Crippen molar-refractivity contribution in [1.29, 1.82) is 0 Å². The van der Waals surface area contributed by atoms with Crippen LogP contribution in [0.15, 0.2) is 53.6 Å². The average molecular weight is 339 g/mol. The highest BCUT2D eigenvalue weighted by Gasteiger charge is 2.12. The number of hydrazone groups is 1. The molecule has 130 valence electrons. The molecule has 0 aliphatic heterocycles. The summed E-state index contributed by atoms with van der Waals surface area (Å²) in [6.07, 6.45) is 2.40. The number of rotatable bonds is 6. The molecule has 2 N–H and O–H groups in total. The summed E-state index contributed by atoms with van der Waals surface area (Å²) in [5.74, 6) is -0.827. The van der Waals surface area contributed by atoms with Crippen molar-refractivity contribution in [2.45, 2.75) is 20.3 Å². The van der Waals surface area contributed by atoms with E-state index in [9.17, 15) is 9.59 Å². The Bertz CT molecular complexity index is 755. The second kappa shape index (κ2) is 9.22. The van der Waals surface area contributed by atoms with Gasteiger partial charge in [-0.3, -0.25) is 9.59 Å². The van der Waals surface area contributed by atoms with Gasteiger partial charge in [-0.05, 0) is 60.9 Å². The number of nitrogens with zero attached hydrogens (tertiary/aromatic N) is 1. The Balaban J connectivity index is 1.84. The SMILES string of the molecule is CCCOc1ccc(/C=N\NC(=O)C(=O)Nc2cccc(C)c2)cc1. The van der Waals surface area contributed by atoms with E-state index < -0.39 is 11.8 Å². The molecule has 25 heavy (non-hydrogen) atoms. The molecule has 0 radical (unpaired) electrons. The van der Waals surface area contributed by atoms with Crippen molar-refractivity contribution < 1.29 is 14.3 Å². The topological polar surface area (TPSA) is 79.8 Å². The first-order valence-electron chi connectivity index (χ1n) is 8.02. The quantitative estimate of drug-likeness (QED) is 0.482. The highest BCUT2D eigenvalue weighted by molar-refractivity contribution is 6.39. The molecule has 0 bridgehead atoms. The molecule has 0 unspecified atom stereocenters. The molecule has 0 atom stereocenters. The molecule has 2 aromatic rings. The second-order valence-electron chi connectivity index (χ2n) is 5.44. The Labute approximate surface area is 146 Å².